The fraction of sp³-hybridized carbons (Fsp3) is 0.293. The van der Waals surface area contributed by atoms with E-state index in [9.17, 15) is 14.4 Å². The van der Waals surface area contributed by atoms with Crippen molar-refractivity contribution in [2.45, 2.75) is 84.4 Å². The molecule has 8 aromatic heterocycles. The van der Waals surface area contributed by atoms with Crippen molar-refractivity contribution >= 4 is 62.6 Å². The summed E-state index contributed by atoms with van der Waals surface area (Å²) < 4.78 is 18.8. The van der Waals surface area contributed by atoms with E-state index < -0.39 is 5.60 Å². The van der Waals surface area contributed by atoms with Gasteiger partial charge in [-0.25, -0.2) is 24.4 Å². The van der Waals surface area contributed by atoms with Crippen molar-refractivity contribution in [1.82, 2.24) is 53.1 Å². The van der Waals surface area contributed by atoms with E-state index in [0.717, 1.165) is 98.3 Å². The molecule has 2 aliphatic rings. The number of halogens is 1. The number of imidazole rings is 2. The van der Waals surface area contributed by atoms with Crippen LogP contribution in [0, 0.1) is 0 Å². The van der Waals surface area contributed by atoms with Gasteiger partial charge in [-0.05, 0) is 88.6 Å². The number of amides is 1. The highest BCUT2D eigenvalue weighted by molar-refractivity contribution is 6.01. The van der Waals surface area contributed by atoms with Crippen LogP contribution in [0.2, 0.25) is 0 Å². The number of nitrogens with zero attached hydrogens (tertiary/aromatic N) is 11. The van der Waals surface area contributed by atoms with Crippen LogP contribution in [0.5, 0.6) is 0 Å². The number of pyridine rings is 6. The first kappa shape index (κ1) is 49.5. The molecule has 16 heteroatoms. The van der Waals surface area contributed by atoms with Gasteiger partial charge in [0.05, 0.1) is 74.3 Å². The standard InChI is InChI=1S/C30H30N6O3.C26H23N5O.C2H6.ClH/c1-30(2,3)39-29(38)35-15-14-21(18-35)36-27-25(34(4)28(36)37)17-32-24-13-12-23(33-26(24)27)20-10-11-22(31-16-20)19-8-6-5-7-9-19;1-30-23-16-28-22-14-13-21(18-11-12-20(27-15-18)17-7-3-2-4-8-17)29-24(22)25(23)31(26(30)32)19-9-5-6-10-19;1-2;/h5-13,16-17,21H,14-15,18H2,1-4H3;2-4,7-8,11-16,19H,5-6,9-10H2,1H3;1-2H3;1H/t21-;;;/m0.../s1/i;;1D;. The Kier molecular flexibility index (Phi) is 14.2. The molecule has 9 heterocycles. The molecule has 0 radical (unpaired) electrons. The number of hydrogen-bond donors (Lipinski definition) is 0. The van der Waals surface area contributed by atoms with Crippen LogP contribution in [0.15, 0.2) is 144 Å². The molecule has 0 bridgehead atoms. The Morgan fingerprint density at radius 1 is 0.581 bits per heavy atom. The van der Waals surface area contributed by atoms with Gasteiger partial charge in [-0.3, -0.25) is 38.2 Å². The van der Waals surface area contributed by atoms with Crippen molar-refractivity contribution in [2.75, 3.05) is 13.1 Å². The second kappa shape index (κ2) is 21.2. The highest BCUT2D eigenvalue weighted by Gasteiger charge is 2.33. The summed E-state index contributed by atoms with van der Waals surface area (Å²) in [6.45, 7) is 8.74. The largest absolute Gasteiger partial charge is 0.444 e. The van der Waals surface area contributed by atoms with E-state index >= 15 is 0 Å². The summed E-state index contributed by atoms with van der Waals surface area (Å²) in [6, 6.07) is 36.0. The average molecular weight is 1010 g/mol. The third-order valence-corrected chi connectivity index (χ3v) is 13.7. The molecule has 1 saturated heterocycles. The SMILES string of the molecule is Cl.Cn1c(=O)n(C2CCCC2)c2c3nc(-c4ccc(-c5ccccc5)nc4)ccc3ncc21.Cn1c(=O)n([C@H]2CCN(C(=O)OC(C)(C)C)C2)c2c3nc(-c4ccc(-c5ccccc5)nc4)ccc3ncc21.[2H]CC. The van der Waals surface area contributed by atoms with Gasteiger partial charge < -0.3 is 9.64 Å². The molecule has 1 aliphatic carbocycles. The van der Waals surface area contributed by atoms with Gasteiger partial charge in [0.2, 0.25) is 0 Å². The highest BCUT2D eigenvalue weighted by atomic mass is 35.5. The molecular weight excluding hydrogens is 950 g/mol. The number of ether oxygens (including phenoxy) is 1. The Hall–Kier alpha value is -8.04. The molecule has 10 aromatic rings. The zero-order valence-electron chi connectivity index (χ0n) is 43.5. The predicted molar refractivity (Wildman–Crippen MR) is 295 cm³/mol. The van der Waals surface area contributed by atoms with Gasteiger partial charge in [0.25, 0.3) is 0 Å². The third-order valence-electron chi connectivity index (χ3n) is 13.7. The van der Waals surface area contributed by atoms with Crippen LogP contribution >= 0.6 is 12.4 Å². The molecule has 1 amide bonds. The molecule has 74 heavy (non-hydrogen) atoms. The van der Waals surface area contributed by atoms with Crippen LogP contribution in [0.4, 0.5) is 4.79 Å². The molecule has 1 saturated carbocycles. The van der Waals surface area contributed by atoms with Crippen LogP contribution in [0.3, 0.4) is 0 Å². The van der Waals surface area contributed by atoms with Gasteiger partial charge in [-0.15, -0.1) is 12.4 Å². The minimum Gasteiger partial charge on any atom is -0.444 e. The number of aromatic nitrogens is 10. The van der Waals surface area contributed by atoms with Crippen molar-refractivity contribution < 1.29 is 10.9 Å². The first-order valence-corrected chi connectivity index (χ1v) is 24.9. The van der Waals surface area contributed by atoms with Crippen molar-refractivity contribution in [3.8, 4) is 45.0 Å². The summed E-state index contributed by atoms with van der Waals surface area (Å²) in [5.74, 6) is 0. The lowest BCUT2D eigenvalue weighted by atomic mass is 10.1. The maximum atomic E-state index is 13.5. The predicted octanol–water partition coefficient (Wildman–Crippen LogP) is 11.8. The summed E-state index contributed by atoms with van der Waals surface area (Å²) in [4.78, 5) is 69.4. The van der Waals surface area contributed by atoms with Gasteiger partial charge in [-0.2, -0.15) is 0 Å². The van der Waals surface area contributed by atoms with Crippen LogP contribution < -0.4 is 11.4 Å². The normalized spacial score (nSPS) is 14.9. The molecule has 1 aliphatic heterocycles. The van der Waals surface area contributed by atoms with Crippen LogP contribution in [0.1, 0.15) is 80.2 Å². The van der Waals surface area contributed by atoms with Crippen molar-refractivity contribution in [1.29, 1.82) is 0 Å². The van der Waals surface area contributed by atoms with E-state index in [1.165, 1.54) is 0 Å². The Labute approximate surface area is 436 Å². The maximum Gasteiger partial charge on any atom is 0.410 e. The Morgan fingerprint density at radius 2 is 1.03 bits per heavy atom. The Morgan fingerprint density at radius 3 is 1.46 bits per heavy atom. The van der Waals surface area contributed by atoms with Crippen molar-refractivity contribution in [2.24, 2.45) is 14.1 Å². The summed E-state index contributed by atoms with van der Waals surface area (Å²) >= 11 is 0. The third kappa shape index (κ3) is 9.79. The second-order valence-corrected chi connectivity index (χ2v) is 19.4. The van der Waals surface area contributed by atoms with E-state index in [-0.39, 0.29) is 42.0 Å². The minimum atomic E-state index is -0.582. The number of aryl methyl sites for hydroxylation is 2. The molecule has 15 nitrogen and oxygen atoms in total. The zero-order chi connectivity index (χ0) is 51.7. The molecule has 0 N–H and O–H groups in total. The van der Waals surface area contributed by atoms with Gasteiger partial charge >= 0.3 is 17.5 Å². The number of fused-ring (bicyclic) bond motifs is 6. The highest BCUT2D eigenvalue weighted by Crippen LogP contribution is 2.35. The van der Waals surface area contributed by atoms with Crippen LogP contribution in [-0.2, 0) is 18.8 Å². The van der Waals surface area contributed by atoms with E-state index in [4.69, 9.17) is 16.1 Å². The number of hydrogen-bond acceptors (Lipinski definition) is 10. The molecule has 1 atom stereocenters. The Balaban J connectivity index is 0.000000175. The lowest BCUT2D eigenvalue weighted by Gasteiger charge is -2.24. The average Bonchev–Trinajstić information content (AvgIpc) is 4.24. The molecule has 0 unspecified atom stereocenters. The number of carbonyl (C=O) groups excluding carboxylic acids is 1. The molecule has 2 aromatic carbocycles. The summed E-state index contributed by atoms with van der Waals surface area (Å²) in [7, 11) is 3.56. The van der Waals surface area contributed by atoms with Crippen molar-refractivity contribution in [3.63, 3.8) is 0 Å². The maximum absolute atomic E-state index is 13.5. The minimum absolute atomic E-state index is 0. The first-order chi connectivity index (χ1) is 35.8. The molecule has 0 spiro atoms. The lowest BCUT2D eigenvalue weighted by Crippen LogP contribution is -2.36. The summed E-state index contributed by atoms with van der Waals surface area (Å²) in [6.07, 6.45) is 11.9. The van der Waals surface area contributed by atoms with Gasteiger partial charge in [0.1, 0.15) is 16.6 Å². The molecule has 2 fully saturated rings. The van der Waals surface area contributed by atoms with Gasteiger partial charge in [0.15, 0.2) is 0 Å². The van der Waals surface area contributed by atoms with Gasteiger partial charge in [-0.1, -0.05) is 87.3 Å². The second-order valence-electron chi connectivity index (χ2n) is 19.4. The van der Waals surface area contributed by atoms with Gasteiger partial charge in [0, 0.05) is 69.2 Å². The molecular formula is C58H60ClN11O4. The van der Waals surface area contributed by atoms with Crippen LogP contribution in [-0.4, -0.2) is 77.9 Å². The summed E-state index contributed by atoms with van der Waals surface area (Å²) in [5.41, 5.74) is 12.7. The smallest absolute Gasteiger partial charge is 0.410 e. The summed E-state index contributed by atoms with van der Waals surface area (Å²) in [5, 5.41) is 0. The number of likely N-dealkylation sites (tertiary alicyclic amines) is 1. The lowest BCUT2D eigenvalue weighted by molar-refractivity contribution is 0.0289. The first-order valence-electron chi connectivity index (χ1n) is 25.6. The topological polar surface area (TPSA) is 161 Å². The van der Waals surface area contributed by atoms with Crippen molar-refractivity contribution in [3.05, 3.63) is 155 Å². The Bertz CT molecular complexity index is 3770. The fourth-order valence-corrected chi connectivity index (χ4v) is 10.0. The van der Waals surface area contributed by atoms with E-state index in [0.29, 0.717) is 43.0 Å². The quantitative estimate of drug-likeness (QED) is 0.157. The molecule has 12 rings (SSSR count). The number of benzene rings is 2. The molecule has 378 valence electrons. The monoisotopic (exact) mass is 1010 g/mol. The van der Waals surface area contributed by atoms with Crippen LogP contribution in [0.25, 0.3) is 89.2 Å². The van der Waals surface area contributed by atoms with E-state index in [1.54, 1.807) is 45.0 Å². The number of rotatable bonds is 6. The zero-order valence-corrected chi connectivity index (χ0v) is 43.3. The van der Waals surface area contributed by atoms with E-state index in [2.05, 4.69) is 32.1 Å². The fourth-order valence-electron chi connectivity index (χ4n) is 10.0. The number of carbonyl (C=O) groups is 1. The van der Waals surface area contributed by atoms with E-state index in [1.807, 2.05) is 142 Å².